The van der Waals surface area contributed by atoms with Crippen molar-refractivity contribution in [1.29, 1.82) is 0 Å². The van der Waals surface area contributed by atoms with E-state index < -0.39 is 0 Å². The molecule has 3 heteroatoms. The normalized spacial score (nSPS) is 10.7. The van der Waals surface area contributed by atoms with Crippen LogP contribution in [0.15, 0.2) is 24.3 Å². The topological polar surface area (TPSA) is 12.9 Å². The minimum atomic E-state index is 0.663. The molecule has 0 bridgehead atoms. The van der Waals surface area contributed by atoms with Crippen LogP contribution < -0.4 is 0 Å². The molecule has 2 aromatic rings. The fourth-order valence-corrected chi connectivity index (χ4v) is 2.93. The van der Waals surface area contributed by atoms with E-state index in [4.69, 9.17) is 11.6 Å². The lowest BCUT2D eigenvalue weighted by atomic mass is 10.2. The Morgan fingerprint density at radius 1 is 1.19 bits per heavy atom. The van der Waals surface area contributed by atoms with Crippen molar-refractivity contribution in [2.45, 2.75) is 20.3 Å². The lowest BCUT2D eigenvalue weighted by molar-refractivity contribution is 1.12. The summed E-state index contributed by atoms with van der Waals surface area (Å²) in [5, 5.41) is 1.10. The van der Waals surface area contributed by atoms with E-state index in [1.807, 2.05) is 0 Å². The van der Waals surface area contributed by atoms with Crippen LogP contribution in [0.1, 0.15) is 16.1 Å². The summed E-state index contributed by atoms with van der Waals surface area (Å²) >= 11 is 7.51. The first-order valence-electron chi connectivity index (χ1n) is 5.30. The second-order valence-corrected chi connectivity index (χ2v) is 5.29. The van der Waals surface area contributed by atoms with E-state index >= 15 is 0 Å². The smallest absolute Gasteiger partial charge is 0.123 e. The van der Waals surface area contributed by atoms with Gasteiger partial charge in [-0.05, 0) is 20.3 Å². The maximum atomic E-state index is 5.76. The van der Waals surface area contributed by atoms with Crippen LogP contribution >= 0.6 is 22.9 Å². The number of aromatic nitrogens is 1. The van der Waals surface area contributed by atoms with E-state index in [-0.39, 0.29) is 0 Å². The molecule has 1 nitrogen and oxygen atoms in total. The average molecular weight is 252 g/mol. The van der Waals surface area contributed by atoms with Crippen molar-refractivity contribution in [2.24, 2.45) is 0 Å². The molecule has 1 aromatic heterocycles. The number of alkyl halides is 1. The summed E-state index contributed by atoms with van der Waals surface area (Å²) in [7, 11) is 0. The zero-order valence-electron chi connectivity index (χ0n) is 9.46. The molecule has 0 radical (unpaired) electrons. The molecule has 0 aliphatic heterocycles. The van der Waals surface area contributed by atoms with Crippen molar-refractivity contribution in [3.05, 3.63) is 40.4 Å². The van der Waals surface area contributed by atoms with Crippen LogP contribution in [0.2, 0.25) is 0 Å². The Labute approximate surface area is 105 Å². The zero-order valence-corrected chi connectivity index (χ0v) is 11.0. The molecule has 0 saturated heterocycles. The van der Waals surface area contributed by atoms with E-state index in [2.05, 4.69) is 43.1 Å². The number of nitrogens with zero attached hydrogens (tertiary/aromatic N) is 1. The first-order valence-corrected chi connectivity index (χ1v) is 6.65. The van der Waals surface area contributed by atoms with Crippen LogP contribution in [0.25, 0.3) is 10.6 Å². The average Bonchev–Trinajstić information content (AvgIpc) is 2.62. The van der Waals surface area contributed by atoms with E-state index in [0.29, 0.717) is 5.88 Å². The molecule has 0 saturated carbocycles. The number of thiazole rings is 1. The molecule has 16 heavy (non-hydrogen) atoms. The van der Waals surface area contributed by atoms with E-state index in [0.717, 1.165) is 17.1 Å². The molecule has 1 aromatic carbocycles. The zero-order chi connectivity index (χ0) is 11.5. The Hall–Kier alpha value is -0.860. The number of halogens is 1. The van der Waals surface area contributed by atoms with Crippen molar-refractivity contribution >= 4 is 22.9 Å². The third-order valence-corrected chi connectivity index (χ3v) is 3.97. The van der Waals surface area contributed by atoms with Crippen LogP contribution in [-0.4, -0.2) is 10.9 Å². The lowest BCUT2D eigenvalue weighted by Gasteiger charge is -1.96. The molecule has 0 unspecified atom stereocenters. The Bertz CT molecular complexity index is 473. The Balaban J connectivity index is 2.33. The van der Waals surface area contributed by atoms with Crippen LogP contribution in [-0.2, 0) is 6.42 Å². The summed E-state index contributed by atoms with van der Waals surface area (Å²) in [5.41, 5.74) is 3.58. The Morgan fingerprint density at radius 3 is 2.50 bits per heavy atom. The summed E-state index contributed by atoms with van der Waals surface area (Å²) in [6.07, 6.45) is 0.914. The molecule has 0 fully saturated rings. The van der Waals surface area contributed by atoms with E-state index in [1.54, 1.807) is 11.3 Å². The molecule has 0 amide bonds. The third-order valence-electron chi connectivity index (χ3n) is 2.51. The van der Waals surface area contributed by atoms with Crippen molar-refractivity contribution in [1.82, 2.24) is 4.98 Å². The van der Waals surface area contributed by atoms with Crippen LogP contribution in [0.4, 0.5) is 0 Å². The minimum absolute atomic E-state index is 0.663. The van der Waals surface area contributed by atoms with Gasteiger partial charge in [0.1, 0.15) is 5.01 Å². The first kappa shape index (κ1) is 11.6. The number of benzene rings is 1. The van der Waals surface area contributed by atoms with Crippen molar-refractivity contribution in [3.63, 3.8) is 0 Å². The summed E-state index contributed by atoms with van der Waals surface area (Å²) in [6.45, 7) is 4.14. The fraction of sp³-hybridized carbons (Fsp3) is 0.308. The molecule has 0 N–H and O–H groups in total. The van der Waals surface area contributed by atoms with Crippen molar-refractivity contribution in [2.75, 3.05) is 5.88 Å². The van der Waals surface area contributed by atoms with Gasteiger partial charge in [-0.15, -0.1) is 22.9 Å². The van der Waals surface area contributed by atoms with Gasteiger partial charge in [-0.1, -0.05) is 29.8 Å². The fourth-order valence-electron chi connectivity index (χ4n) is 1.57. The summed E-state index contributed by atoms with van der Waals surface area (Å²) < 4.78 is 0. The third kappa shape index (κ3) is 2.45. The molecular weight excluding hydrogens is 238 g/mol. The molecule has 0 aliphatic carbocycles. The van der Waals surface area contributed by atoms with Crippen LogP contribution in [0.5, 0.6) is 0 Å². The number of hydrogen-bond donors (Lipinski definition) is 0. The van der Waals surface area contributed by atoms with Gasteiger partial charge in [-0.3, -0.25) is 0 Å². The molecule has 2 rings (SSSR count). The van der Waals surface area contributed by atoms with Gasteiger partial charge in [0.15, 0.2) is 0 Å². The van der Waals surface area contributed by atoms with Crippen molar-refractivity contribution < 1.29 is 0 Å². The molecular formula is C13H14ClNS. The lowest BCUT2D eigenvalue weighted by Crippen LogP contribution is -1.84. The maximum Gasteiger partial charge on any atom is 0.123 e. The van der Waals surface area contributed by atoms with Gasteiger partial charge >= 0.3 is 0 Å². The number of aryl methyl sites for hydroxylation is 3. The standard InChI is InChI=1S/C13H14ClNS/c1-9-3-5-11(6-4-9)13-15-10(2)12(16-13)7-8-14/h3-6H,7-8H2,1-2H3. The highest BCUT2D eigenvalue weighted by Gasteiger charge is 2.08. The predicted molar refractivity (Wildman–Crippen MR) is 71.4 cm³/mol. The summed E-state index contributed by atoms with van der Waals surface area (Å²) in [6, 6.07) is 8.48. The molecule has 0 atom stereocenters. The van der Waals surface area contributed by atoms with Crippen LogP contribution in [0.3, 0.4) is 0 Å². The Kier molecular flexibility index (Phi) is 3.62. The molecule has 0 aliphatic rings. The molecule has 1 heterocycles. The highest BCUT2D eigenvalue weighted by Crippen LogP contribution is 2.28. The summed E-state index contributed by atoms with van der Waals surface area (Å²) in [5.74, 6) is 0.663. The monoisotopic (exact) mass is 251 g/mol. The van der Waals surface area contributed by atoms with E-state index in [1.165, 1.54) is 16.0 Å². The largest absolute Gasteiger partial charge is 0.241 e. The predicted octanol–water partition coefficient (Wildman–Crippen LogP) is 4.21. The van der Waals surface area contributed by atoms with Crippen molar-refractivity contribution in [3.8, 4) is 10.6 Å². The molecule has 0 spiro atoms. The highest BCUT2D eigenvalue weighted by atomic mass is 35.5. The van der Waals surface area contributed by atoms with Gasteiger partial charge in [-0.25, -0.2) is 4.98 Å². The van der Waals surface area contributed by atoms with Gasteiger partial charge < -0.3 is 0 Å². The number of rotatable bonds is 3. The van der Waals surface area contributed by atoms with Gasteiger partial charge in [-0.2, -0.15) is 0 Å². The maximum absolute atomic E-state index is 5.76. The van der Waals surface area contributed by atoms with Gasteiger partial charge in [0.05, 0.1) is 5.69 Å². The van der Waals surface area contributed by atoms with Gasteiger partial charge in [0, 0.05) is 16.3 Å². The Morgan fingerprint density at radius 2 is 1.88 bits per heavy atom. The second-order valence-electron chi connectivity index (χ2n) is 3.83. The first-order chi connectivity index (χ1) is 7.70. The molecule has 84 valence electrons. The second kappa shape index (κ2) is 4.98. The number of hydrogen-bond acceptors (Lipinski definition) is 2. The SMILES string of the molecule is Cc1ccc(-c2nc(C)c(CCCl)s2)cc1. The van der Waals surface area contributed by atoms with Gasteiger partial charge in [0.2, 0.25) is 0 Å². The minimum Gasteiger partial charge on any atom is -0.241 e. The quantitative estimate of drug-likeness (QED) is 0.745. The highest BCUT2D eigenvalue weighted by molar-refractivity contribution is 7.15. The van der Waals surface area contributed by atoms with Crippen LogP contribution in [0, 0.1) is 13.8 Å². The van der Waals surface area contributed by atoms with Gasteiger partial charge in [0.25, 0.3) is 0 Å². The summed E-state index contributed by atoms with van der Waals surface area (Å²) in [4.78, 5) is 5.89. The van der Waals surface area contributed by atoms with E-state index in [9.17, 15) is 0 Å².